The van der Waals surface area contributed by atoms with Crippen LogP contribution >= 0.6 is 0 Å². The fourth-order valence-electron chi connectivity index (χ4n) is 1.33. The Morgan fingerprint density at radius 1 is 1.12 bits per heavy atom. The number of methoxy groups -OCH3 is 1. The molecule has 5 heteroatoms. The molecule has 0 fully saturated rings. The van der Waals surface area contributed by atoms with Gasteiger partial charge >= 0.3 is 0 Å². The SMILES string of the molecule is CCc1ccc(S(=O)(=O)OCCCOC)cc1. The quantitative estimate of drug-likeness (QED) is 0.554. The van der Waals surface area contributed by atoms with Crippen LogP contribution in [0.25, 0.3) is 0 Å². The van der Waals surface area contributed by atoms with E-state index < -0.39 is 10.1 Å². The van der Waals surface area contributed by atoms with Gasteiger partial charge in [-0.2, -0.15) is 8.42 Å². The van der Waals surface area contributed by atoms with Gasteiger partial charge < -0.3 is 4.74 Å². The van der Waals surface area contributed by atoms with Crippen molar-refractivity contribution in [1.29, 1.82) is 0 Å². The molecule has 0 aliphatic heterocycles. The summed E-state index contributed by atoms with van der Waals surface area (Å²) in [5.41, 5.74) is 1.10. The van der Waals surface area contributed by atoms with E-state index >= 15 is 0 Å². The molecule has 0 saturated carbocycles. The highest BCUT2D eigenvalue weighted by Gasteiger charge is 2.14. The summed E-state index contributed by atoms with van der Waals surface area (Å²) in [5, 5.41) is 0. The topological polar surface area (TPSA) is 52.6 Å². The van der Waals surface area contributed by atoms with Crippen LogP contribution in [0.3, 0.4) is 0 Å². The number of hydrogen-bond donors (Lipinski definition) is 0. The minimum absolute atomic E-state index is 0.145. The predicted molar refractivity (Wildman–Crippen MR) is 65.5 cm³/mol. The Hall–Kier alpha value is -0.910. The average Bonchev–Trinajstić information content (AvgIpc) is 2.35. The van der Waals surface area contributed by atoms with Crippen molar-refractivity contribution in [2.45, 2.75) is 24.7 Å². The summed E-state index contributed by atoms with van der Waals surface area (Å²) in [6, 6.07) is 6.74. The first-order valence-electron chi connectivity index (χ1n) is 5.57. The van der Waals surface area contributed by atoms with Gasteiger partial charge in [-0.05, 0) is 30.5 Å². The zero-order chi connectivity index (χ0) is 12.7. The fourth-order valence-corrected chi connectivity index (χ4v) is 2.27. The van der Waals surface area contributed by atoms with Crippen molar-refractivity contribution in [2.75, 3.05) is 20.3 Å². The van der Waals surface area contributed by atoms with E-state index in [9.17, 15) is 8.42 Å². The molecule has 0 unspecified atom stereocenters. The average molecular weight is 258 g/mol. The van der Waals surface area contributed by atoms with Gasteiger partial charge in [0.1, 0.15) is 0 Å². The summed E-state index contributed by atoms with van der Waals surface area (Å²) in [4.78, 5) is 0.201. The van der Waals surface area contributed by atoms with Gasteiger partial charge in [0.25, 0.3) is 10.1 Å². The van der Waals surface area contributed by atoms with E-state index in [1.807, 2.05) is 6.92 Å². The molecule has 0 bridgehead atoms. The van der Waals surface area contributed by atoms with Crippen molar-refractivity contribution in [2.24, 2.45) is 0 Å². The first kappa shape index (κ1) is 14.2. The van der Waals surface area contributed by atoms with Crippen LogP contribution in [0.5, 0.6) is 0 Å². The Morgan fingerprint density at radius 3 is 2.29 bits per heavy atom. The molecule has 0 N–H and O–H groups in total. The lowest BCUT2D eigenvalue weighted by Crippen LogP contribution is -2.09. The zero-order valence-electron chi connectivity index (χ0n) is 10.2. The molecule has 0 atom stereocenters. The summed E-state index contributed by atoms with van der Waals surface area (Å²) < 4.78 is 33.2. The maximum absolute atomic E-state index is 11.7. The van der Waals surface area contributed by atoms with Crippen LogP contribution < -0.4 is 0 Å². The van der Waals surface area contributed by atoms with Gasteiger partial charge in [-0.3, -0.25) is 4.18 Å². The van der Waals surface area contributed by atoms with Crippen molar-refractivity contribution in [3.63, 3.8) is 0 Å². The number of ether oxygens (including phenoxy) is 1. The van der Waals surface area contributed by atoms with E-state index in [2.05, 4.69) is 0 Å². The summed E-state index contributed by atoms with van der Waals surface area (Å²) in [6.07, 6.45) is 1.44. The van der Waals surface area contributed by atoms with Crippen LogP contribution in [0.4, 0.5) is 0 Å². The van der Waals surface area contributed by atoms with Crippen LogP contribution in [0, 0.1) is 0 Å². The molecule has 0 amide bonds. The van der Waals surface area contributed by atoms with Crippen molar-refractivity contribution < 1.29 is 17.3 Å². The van der Waals surface area contributed by atoms with Crippen LogP contribution in [-0.2, 0) is 25.5 Å². The van der Waals surface area contributed by atoms with E-state index in [1.165, 1.54) is 0 Å². The normalized spacial score (nSPS) is 11.6. The molecule has 0 heterocycles. The maximum Gasteiger partial charge on any atom is 0.296 e. The second-order valence-corrected chi connectivity index (χ2v) is 5.24. The first-order valence-corrected chi connectivity index (χ1v) is 6.98. The highest BCUT2D eigenvalue weighted by atomic mass is 32.2. The molecule has 17 heavy (non-hydrogen) atoms. The number of aryl methyl sites for hydroxylation is 1. The smallest absolute Gasteiger partial charge is 0.296 e. The van der Waals surface area contributed by atoms with Crippen LogP contribution in [0.15, 0.2) is 29.2 Å². The van der Waals surface area contributed by atoms with Gasteiger partial charge in [0, 0.05) is 13.7 Å². The Balaban J connectivity index is 2.62. The summed E-state index contributed by atoms with van der Waals surface area (Å²) >= 11 is 0. The third-order valence-electron chi connectivity index (χ3n) is 2.35. The first-order chi connectivity index (χ1) is 8.10. The predicted octanol–water partition coefficient (Wildman–Crippen LogP) is 1.99. The van der Waals surface area contributed by atoms with Gasteiger partial charge in [-0.25, -0.2) is 0 Å². The lowest BCUT2D eigenvalue weighted by atomic mass is 10.2. The number of rotatable bonds is 7. The van der Waals surface area contributed by atoms with Crippen molar-refractivity contribution in [1.82, 2.24) is 0 Å². The van der Waals surface area contributed by atoms with Gasteiger partial charge in [0.15, 0.2) is 0 Å². The summed E-state index contributed by atoms with van der Waals surface area (Å²) in [6.45, 7) is 2.65. The minimum Gasteiger partial charge on any atom is -0.385 e. The molecule has 1 aromatic carbocycles. The third-order valence-corrected chi connectivity index (χ3v) is 3.68. The summed E-state index contributed by atoms with van der Waals surface area (Å²) in [5.74, 6) is 0. The van der Waals surface area contributed by atoms with Gasteiger partial charge in [-0.1, -0.05) is 19.1 Å². The summed E-state index contributed by atoms with van der Waals surface area (Å²) in [7, 11) is -2.05. The van der Waals surface area contributed by atoms with Gasteiger partial charge in [-0.15, -0.1) is 0 Å². The Morgan fingerprint density at radius 2 is 1.76 bits per heavy atom. The molecule has 0 aliphatic carbocycles. The largest absolute Gasteiger partial charge is 0.385 e. The van der Waals surface area contributed by atoms with Gasteiger partial charge in [0.05, 0.1) is 11.5 Å². The minimum atomic E-state index is -3.62. The molecule has 0 aliphatic rings. The molecule has 96 valence electrons. The van der Waals surface area contributed by atoms with Crippen molar-refractivity contribution in [3.05, 3.63) is 29.8 Å². The molecule has 0 saturated heterocycles. The number of benzene rings is 1. The number of hydrogen-bond acceptors (Lipinski definition) is 4. The van der Waals surface area contributed by atoms with Crippen molar-refractivity contribution >= 4 is 10.1 Å². The van der Waals surface area contributed by atoms with Crippen LogP contribution in [0.1, 0.15) is 18.9 Å². The standard InChI is InChI=1S/C12H18O4S/c1-3-11-5-7-12(8-6-11)17(13,14)16-10-4-9-15-2/h5-8H,3-4,9-10H2,1-2H3. The van der Waals surface area contributed by atoms with E-state index in [4.69, 9.17) is 8.92 Å². The molecular weight excluding hydrogens is 240 g/mol. The highest BCUT2D eigenvalue weighted by Crippen LogP contribution is 2.14. The Bertz CT molecular complexity index is 422. The fraction of sp³-hybridized carbons (Fsp3) is 0.500. The van der Waals surface area contributed by atoms with Crippen LogP contribution in [0.2, 0.25) is 0 Å². The molecule has 0 aromatic heterocycles. The monoisotopic (exact) mass is 258 g/mol. The second kappa shape index (κ2) is 6.74. The van der Waals surface area contributed by atoms with Crippen LogP contribution in [-0.4, -0.2) is 28.7 Å². The molecule has 0 radical (unpaired) electrons. The zero-order valence-corrected chi connectivity index (χ0v) is 11.0. The molecule has 4 nitrogen and oxygen atoms in total. The second-order valence-electron chi connectivity index (χ2n) is 3.62. The Kier molecular flexibility index (Phi) is 5.61. The highest BCUT2D eigenvalue weighted by molar-refractivity contribution is 7.86. The van der Waals surface area contributed by atoms with E-state index in [-0.39, 0.29) is 11.5 Å². The van der Waals surface area contributed by atoms with E-state index in [1.54, 1.807) is 31.4 Å². The van der Waals surface area contributed by atoms with E-state index in [0.717, 1.165) is 12.0 Å². The van der Waals surface area contributed by atoms with Gasteiger partial charge in [0.2, 0.25) is 0 Å². The maximum atomic E-state index is 11.7. The molecular formula is C12H18O4S. The molecule has 1 aromatic rings. The molecule has 0 spiro atoms. The lowest BCUT2D eigenvalue weighted by molar-refractivity contribution is 0.174. The molecule has 1 rings (SSSR count). The third kappa shape index (κ3) is 4.46. The van der Waals surface area contributed by atoms with E-state index in [0.29, 0.717) is 13.0 Å². The van der Waals surface area contributed by atoms with Crippen molar-refractivity contribution in [3.8, 4) is 0 Å². The lowest BCUT2D eigenvalue weighted by Gasteiger charge is -2.06. The Labute approximate surface area is 103 Å².